The molecule has 1 saturated carbocycles. The van der Waals surface area contributed by atoms with Gasteiger partial charge in [0.05, 0.1) is 18.2 Å². The molecular weight excluding hydrogens is 270 g/mol. The van der Waals surface area contributed by atoms with Crippen LogP contribution < -0.4 is 5.32 Å². The second kappa shape index (κ2) is 7.06. The van der Waals surface area contributed by atoms with Crippen LogP contribution in [0.15, 0.2) is 24.4 Å². The van der Waals surface area contributed by atoms with E-state index in [1.165, 1.54) is 0 Å². The number of urea groups is 1. The number of hydrogen-bond donors (Lipinski definition) is 2. The topological polar surface area (TPSA) is 82.5 Å². The highest BCUT2D eigenvalue weighted by Gasteiger charge is 2.31. The third kappa shape index (κ3) is 4.18. The van der Waals surface area contributed by atoms with Crippen LogP contribution in [-0.2, 0) is 11.3 Å². The molecule has 1 aromatic rings. The summed E-state index contributed by atoms with van der Waals surface area (Å²) in [6, 6.07) is 5.41. The van der Waals surface area contributed by atoms with Crippen LogP contribution in [0.2, 0.25) is 0 Å². The average molecular weight is 291 g/mol. The van der Waals surface area contributed by atoms with E-state index in [1.54, 1.807) is 11.1 Å². The van der Waals surface area contributed by atoms with Crippen molar-refractivity contribution in [3.05, 3.63) is 30.1 Å². The number of carbonyl (C=O) groups excluding carboxylic acids is 1. The number of aliphatic carboxylic acids is 1. The van der Waals surface area contributed by atoms with E-state index in [-0.39, 0.29) is 18.0 Å². The molecule has 0 bridgehead atoms. The normalized spacial score (nSPS) is 21.0. The van der Waals surface area contributed by atoms with Gasteiger partial charge in [-0.15, -0.1) is 0 Å². The molecule has 2 rings (SSSR count). The number of carbonyl (C=O) groups is 2. The Bertz CT molecular complexity index is 492. The first-order valence-electron chi connectivity index (χ1n) is 7.28. The Labute approximate surface area is 124 Å². The molecule has 0 spiro atoms. The van der Waals surface area contributed by atoms with Gasteiger partial charge in [-0.05, 0) is 38.3 Å². The number of nitrogens with one attached hydrogen (secondary N) is 1. The summed E-state index contributed by atoms with van der Waals surface area (Å²) in [7, 11) is 0. The summed E-state index contributed by atoms with van der Waals surface area (Å²) < 4.78 is 0. The summed E-state index contributed by atoms with van der Waals surface area (Å²) in [4.78, 5) is 29.1. The lowest BCUT2D eigenvalue weighted by atomic mass is 10.1. The molecule has 21 heavy (non-hydrogen) atoms. The molecule has 0 aromatic carbocycles. The third-order valence-electron chi connectivity index (χ3n) is 3.86. The molecule has 1 aliphatic rings. The fourth-order valence-electron chi connectivity index (χ4n) is 2.62. The van der Waals surface area contributed by atoms with E-state index >= 15 is 0 Å². The van der Waals surface area contributed by atoms with E-state index in [4.69, 9.17) is 5.11 Å². The molecule has 0 aliphatic heterocycles. The maximum Gasteiger partial charge on any atom is 0.317 e. The van der Waals surface area contributed by atoms with E-state index < -0.39 is 5.97 Å². The van der Waals surface area contributed by atoms with Crippen LogP contribution in [-0.4, -0.2) is 39.6 Å². The maximum absolute atomic E-state index is 12.3. The molecule has 2 atom stereocenters. The highest BCUT2D eigenvalue weighted by Crippen LogP contribution is 2.25. The van der Waals surface area contributed by atoms with Crippen LogP contribution in [0.1, 0.15) is 31.9 Å². The van der Waals surface area contributed by atoms with Crippen molar-refractivity contribution < 1.29 is 14.7 Å². The molecule has 2 unspecified atom stereocenters. The van der Waals surface area contributed by atoms with Crippen LogP contribution in [0.3, 0.4) is 0 Å². The van der Waals surface area contributed by atoms with Crippen molar-refractivity contribution in [2.24, 2.45) is 5.92 Å². The predicted molar refractivity (Wildman–Crippen MR) is 77.6 cm³/mol. The minimum absolute atomic E-state index is 0.0450. The third-order valence-corrected chi connectivity index (χ3v) is 3.86. The molecule has 114 valence electrons. The molecule has 1 aliphatic carbocycles. The standard InChI is InChI=1S/C15H21N3O3/c1-2-18(10-13-5-3-4-8-16-13)15(21)17-12-7-6-11(9-12)14(19)20/h3-5,8,11-12H,2,6-7,9-10H2,1H3,(H,17,21)(H,19,20). The highest BCUT2D eigenvalue weighted by atomic mass is 16.4. The van der Waals surface area contributed by atoms with E-state index in [0.29, 0.717) is 25.9 Å². The van der Waals surface area contributed by atoms with Gasteiger partial charge in [-0.25, -0.2) is 4.79 Å². The van der Waals surface area contributed by atoms with Gasteiger partial charge in [-0.1, -0.05) is 6.07 Å². The smallest absolute Gasteiger partial charge is 0.317 e. The van der Waals surface area contributed by atoms with Crippen molar-refractivity contribution in [3.63, 3.8) is 0 Å². The highest BCUT2D eigenvalue weighted by molar-refractivity contribution is 5.75. The van der Waals surface area contributed by atoms with E-state index in [0.717, 1.165) is 12.1 Å². The maximum atomic E-state index is 12.3. The second-order valence-corrected chi connectivity index (χ2v) is 5.33. The zero-order valence-electron chi connectivity index (χ0n) is 12.2. The fraction of sp³-hybridized carbons (Fsp3) is 0.533. The summed E-state index contributed by atoms with van der Waals surface area (Å²) in [5.74, 6) is -1.10. The Morgan fingerprint density at radius 1 is 1.43 bits per heavy atom. The van der Waals surface area contributed by atoms with Crippen molar-refractivity contribution in [1.82, 2.24) is 15.2 Å². The van der Waals surface area contributed by atoms with Crippen molar-refractivity contribution in [2.45, 2.75) is 38.8 Å². The predicted octanol–water partition coefficient (Wildman–Crippen LogP) is 1.87. The zero-order chi connectivity index (χ0) is 15.2. The average Bonchev–Trinajstić information content (AvgIpc) is 2.94. The molecule has 2 amide bonds. The number of amides is 2. The van der Waals surface area contributed by atoms with Gasteiger partial charge in [0.2, 0.25) is 0 Å². The summed E-state index contributed by atoms with van der Waals surface area (Å²) in [5, 5.41) is 11.9. The van der Waals surface area contributed by atoms with Crippen molar-refractivity contribution in [3.8, 4) is 0 Å². The van der Waals surface area contributed by atoms with Gasteiger partial charge in [-0.2, -0.15) is 0 Å². The number of pyridine rings is 1. The molecule has 0 radical (unpaired) electrons. The van der Waals surface area contributed by atoms with Crippen LogP contribution >= 0.6 is 0 Å². The Kier molecular flexibility index (Phi) is 5.14. The van der Waals surface area contributed by atoms with Gasteiger partial charge in [0.25, 0.3) is 0 Å². The largest absolute Gasteiger partial charge is 0.481 e. The van der Waals surface area contributed by atoms with Crippen molar-refractivity contribution in [1.29, 1.82) is 0 Å². The summed E-state index contributed by atoms with van der Waals surface area (Å²) in [6.07, 6.45) is 3.58. The van der Waals surface area contributed by atoms with Gasteiger partial charge in [0.1, 0.15) is 0 Å². The monoisotopic (exact) mass is 291 g/mol. The minimum Gasteiger partial charge on any atom is -0.481 e. The quantitative estimate of drug-likeness (QED) is 0.867. The van der Waals surface area contributed by atoms with Crippen LogP contribution in [0.4, 0.5) is 4.79 Å². The van der Waals surface area contributed by atoms with Gasteiger partial charge in [0, 0.05) is 18.8 Å². The van der Waals surface area contributed by atoms with Gasteiger partial charge < -0.3 is 15.3 Å². The Morgan fingerprint density at radius 2 is 2.24 bits per heavy atom. The van der Waals surface area contributed by atoms with E-state index in [1.807, 2.05) is 25.1 Å². The Hall–Kier alpha value is -2.11. The second-order valence-electron chi connectivity index (χ2n) is 5.33. The molecule has 6 heteroatoms. The molecule has 2 N–H and O–H groups in total. The van der Waals surface area contributed by atoms with Gasteiger partial charge in [-0.3, -0.25) is 9.78 Å². The van der Waals surface area contributed by atoms with E-state index in [9.17, 15) is 9.59 Å². The number of hydrogen-bond acceptors (Lipinski definition) is 3. The van der Waals surface area contributed by atoms with Crippen LogP contribution in [0.5, 0.6) is 0 Å². The fourth-order valence-corrected chi connectivity index (χ4v) is 2.62. The summed E-state index contributed by atoms with van der Waals surface area (Å²) in [5.41, 5.74) is 0.837. The summed E-state index contributed by atoms with van der Waals surface area (Å²) in [6.45, 7) is 2.95. The molecule has 1 heterocycles. The van der Waals surface area contributed by atoms with E-state index in [2.05, 4.69) is 10.3 Å². The Morgan fingerprint density at radius 3 is 2.81 bits per heavy atom. The first kappa shape index (κ1) is 15.3. The molecule has 0 saturated heterocycles. The number of carboxylic acids is 1. The molecule has 6 nitrogen and oxygen atoms in total. The minimum atomic E-state index is -0.771. The lowest BCUT2D eigenvalue weighted by molar-refractivity contribution is -0.141. The molecular formula is C15H21N3O3. The molecule has 1 aromatic heterocycles. The number of aromatic nitrogens is 1. The van der Waals surface area contributed by atoms with Crippen molar-refractivity contribution >= 4 is 12.0 Å². The first-order chi connectivity index (χ1) is 10.1. The van der Waals surface area contributed by atoms with Crippen LogP contribution in [0.25, 0.3) is 0 Å². The SMILES string of the molecule is CCN(Cc1ccccn1)C(=O)NC1CCC(C(=O)O)C1. The Balaban J connectivity index is 1.88. The van der Waals surface area contributed by atoms with Gasteiger partial charge >= 0.3 is 12.0 Å². The molecule has 1 fully saturated rings. The number of rotatable bonds is 5. The number of carboxylic acid groups (broad SMARTS) is 1. The number of nitrogens with zero attached hydrogens (tertiary/aromatic N) is 2. The zero-order valence-corrected chi connectivity index (χ0v) is 12.2. The van der Waals surface area contributed by atoms with Gasteiger partial charge in [0.15, 0.2) is 0 Å². The van der Waals surface area contributed by atoms with Crippen molar-refractivity contribution in [2.75, 3.05) is 6.54 Å². The summed E-state index contributed by atoms with van der Waals surface area (Å²) >= 11 is 0. The first-order valence-corrected chi connectivity index (χ1v) is 7.28. The lowest BCUT2D eigenvalue weighted by Gasteiger charge is -2.23. The van der Waals surface area contributed by atoms with Crippen LogP contribution in [0, 0.1) is 5.92 Å². The lowest BCUT2D eigenvalue weighted by Crippen LogP contribution is -2.43.